The molecule has 7 heteroatoms. The molecule has 0 saturated carbocycles. The molecule has 0 saturated heterocycles. The quantitative estimate of drug-likeness (QED) is 0.147. The number of rotatable bonds is 10. The molecule has 0 unspecified atom stereocenters. The number of amides is 1. The molecule has 0 aliphatic heterocycles. The largest absolute Gasteiger partial charge is 1.00 e. The minimum atomic E-state index is -2.74. The van der Waals surface area contributed by atoms with Crippen molar-refractivity contribution in [1.82, 2.24) is 5.32 Å². The van der Waals surface area contributed by atoms with E-state index in [1.165, 1.54) is 7.11 Å². The molecule has 0 aromatic heterocycles. The Labute approximate surface area is 264 Å². The number of esters is 1. The molecule has 0 aliphatic carbocycles. The number of ether oxygens (including phenoxy) is 1. The lowest BCUT2D eigenvalue weighted by molar-refractivity contribution is -0.136. The van der Waals surface area contributed by atoms with Gasteiger partial charge in [0.05, 0.1) is 7.11 Å². The van der Waals surface area contributed by atoms with Gasteiger partial charge < -0.3 is 22.5 Å². The molecule has 0 fully saturated rings. The highest BCUT2D eigenvalue weighted by molar-refractivity contribution is 8.18. The number of hydrogen-bond acceptors (Lipinski definition) is 4. The third-order valence-electron chi connectivity index (χ3n) is 6.83. The minimum Gasteiger partial charge on any atom is -1.00 e. The van der Waals surface area contributed by atoms with Crippen LogP contribution in [0.15, 0.2) is 162 Å². The van der Waals surface area contributed by atoms with Crippen molar-refractivity contribution in [3.8, 4) is 0 Å². The highest BCUT2D eigenvalue weighted by Crippen LogP contribution is 2.67. The standard InChI is InChI=1S/C36H30NO3PS.ClH/c1-40-35(39)33(37-34(38)29-19-9-3-10-20-29)36(42-27-28-17-7-2-8-18-28)41(30-21-11-4-12-22-30,31-23-13-5-14-24-31)32-25-15-6-16-26-32;/h2-26H,27H2,1H3;1H/b36-33-;. The number of thioether (sulfide) groups is 1. The number of hydrogen-bond donors (Lipinski definition) is 1. The van der Waals surface area contributed by atoms with Crippen LogP contribution in [0.1, 0.15) is 15.9 Å². The zero-order valence-electron chi connectivity index (χ0n) is 23.6. The Balaban J connectivity index is 0.00000423. The fourth-order valence-electron chi connectivity index (χ4n) is 4.89. The van der Waals surface area contributed by atoms with Crippen molar-refractivity contribution in [2.24, 2.45) is 0 Å². The van der Waals surface area contributed by atoms with Gasteiger partial charge >= 0.3 is 5.97 Å². The van der Waals surface area contributed by atoms with E-state index in [1.54, 1.807) is 36.0 Å². The van der Waals surface area contributed by atoms with Crippen LogP contribution in [0.5, 0.6) is 0 Å². The van der Waals surface area contributed by atoms with Crippen LogP contribution in [0, 0.1) is 0 Å². The lowest BCUT2D eigenvalue weighted by atomic mass is 10.2. The highest BCUT2D eigenvalue weighted by Gasteiger charge is 2.52. The Morgan fingerprint density at radius 3 is 1.44 bits per heavy atom. The van der Waals surface area contributed by atoms with Gasteiger partial charge in [-0.25, -0.2) is 4.79 Å². The van der Waals surface area contributed by atoms with Crippen LogP contribution in [-0.2, 0) is 15.3 Å². The third kappa shape index (κ3) is 7.09. The van der Waals surface area contributed by atoms with Crippen LogP contribution in [0.3, 0.4) is 0 Å². The fourth-order valence-corrected chi connectivity index (χ4v) is 11.5. The Morgan fingerprint density at radius 2 is 1.02 bits per heavy atom. The molecule has 43 heavy (non-hydrogen) atoms. The first-order valence-electron chi connectivity index (χ1n) is 13.6. The van der Waals surface area contributed by atoms with Gasteiger partial charge in [-0.15, -0.1) is 0 Å². The molecule has 4 nitrogen and oxygen atoms in total. The average molecular weight is 624 g/mol. The van der Waals surface area contributed by atoms with E-state index in [2.05, 4.69) is 53.8 Å². The number of carbonyl (C=O) groups is 2. The summed E-state index contributed by atoms with van der Waals surface area (Å²) < 4.78 is 6.15. The topological polar surface area (TPSA) is 55.4 Å². The predicted molar refractivity (Wildman–Crippen MR) is 176 cm³/mol. The summed E-state index contributed by atoms with van der Waals surface area (Å²) in [4.78, 5) is 27.4. The molecule has 0 heterocycles. The molecule has 0 radical (unpaired) electrons. The first-order chi connectivity index (χ1) is 20.6. The third-order valence-corrected chi connectivity index (χ3v) is 13.0. The van der Waals surface area contributed by atoms with Gasteiger partial charge in [0.15, 0.2) is 17.6 Å². The normalized spacial score (nSPS) is 11.5. The van der Waals surface area contributed by atoms with Gasteiger partial charge in [0.1, 0.15) is 15.9 Å². The van der Waals surface area contributed by atoms with Crippen molar-refractivity contribution in [1.29, 1.82) is 0 Å². The number of halogens is 1. The van der Waals surface area contributed by atoms with E-state index in [0.29, 0.717) is 11.3 Å². The molecule has 1 amide bonds. The van der Waals surface area contributed by atoms with Crippen molar-refractivity contribution in [2.75, 3.05) is 7.11 Å². The van der Waals surface area contributed by atoms with Crippen LogP contribution < -0.4 is 33.6 Å². The maximum absolute atomic E-state index is 13.8. The molecule has 1 N–H and O–H groups in total. The summed E-state index contributed by atoms with van der Waals surface area (Å²) in [6.07, 6.45) is 0. The van der Waals surface area contributed by atoms with E-state index >= 15 is 0 Å². The molecule has 0 atom stereocenters. The van der Waals surface area contributed by atoms with Gasteiger partial charge in [-0.1, -0.05) is 115 Å². The molecule has 5 aromatic carbocycles. The molecular weight excluding hydrogens is 593 g/mol. The SMILES string of the molecule is COC(=O)/C(NC(=O)c1ccccc1)=C(/SCc1ccccc1)[P+](c1ccccc1)(c1ccccc1)c1ccccc1.[Cl-]. The second-order valence-corrected chi connectivity index (χ2v) is 14.1. The predicted octanol–water partition coefficient (Wildman–Crippen LogP) is 3.69. The van der Waals surface area contributed by atoms with E-state index in [1.807, 2.05) is 78.9 Å². The van der Waals surface area contributed by atoms with Crippen LogP contribution in [-0.4, -0.2) is 19.0 Å². The summed E-state index contributed by atoms with van der Waals surface area (Å²) in [7, 11) is -1.39. The first kappa shape index (κ1) is 31.8. The van der Waals surface area contributed by atoms with Crippen LogP contribution in [0.25, 0.3) is 0 Å². The summed E-state index contributed by atoms with van der Waals surface area (Å²) in [5.41, 5.74) is 1.71. The van der Waals surface area contributed by atoms with Crippen molar-refractivity contribution in [3.05, 3.63) is 173 Å². The molecule has 5 rings (SSSR count). The maximum atomic E-state index is 13.8. The van der Waals surface area contributed by atoms with Crippen LogP contribution in [0.4, 0.5) is 0 Å². The van der Waals surface area contributed by atoms with E-state index in [4.69, 9.17) is 4.74 Å². The Kier molecular flexibility index (Phi) is 11.4. The Hall–Kier alpha value is -4.15. The second kappa shape index (κ2) is 15.4. The van der Waals surface area contributed by atoms with E-state index in [-0.39, 0.29) is 24.0 Å². The second-order valence-electron chi connectivity index (χ2n) is 9.44. The zero-order valence-corrected chi connectivity index (χ0v) is 26.1. The first-order valence-corrected chi connectivity index (χ1v) is 16.3. The number of nitrogens with one attached hydrogen (secondary N) is 1. The lowest BCUT2D eigenvalue weighted by Gasteiger charge is -2.30. The van der Waals surface area contributed by atoms with E-state index in [9.17, 15) is 9.59 Å². The Morgan fingerprint density at radius 1 is 0.628 bits per heavy atom. The van der Waals surface area contributed by atoms with Crippen molar-refractivity contribution in [3.63, 3.8) is 0 Å². The lowest BCUT2D eigenvalue weighted by Crippen LogP contribution is -3.00. The van der Waals surface area contributed by atoms with Crippen molar-refractivity contribution in [2.45, 2.75) is 5.75 Å². The molecule has 0 bridgehead atoms. The van der Waals surface area contributed by atoms with Crippen molar-refractivity contribution < 1.29 is 26.7 Å². The Bertz CT molecular complexity index is 1560. The maximum Gasteiger partial charge on any atom is 0.359 e. The van der Waals surface area contributed by atoms with Gasteiger partial charge in [0, 0.05) is 11.3 Å². The monoisotopic (exact) mass is 623 g/mol. The van der Waals surface area contributed by atoms with E-state index < -0.39 is 13.2 Å². The van der Waals surface area contributed by atoms with Crippen molar-refractivity contribution >= 4 is 46.8 Å². The van der Waals surface area contributed by atoms with Gasteiger partial charge in [0.25, 0.3) is 5.91 Å². The average Bonchev–Trinajstić information content (AvgIpc) is 3.07. The molecule has 216 valence electrons. The van der Waals surface area contributed by atoms with Gasteiger partial charge in [-0.3, -0.25) is 4.79 Å². The molecular formula is C36H31ClNO3PS. The summed E-state index contributed by atoms with van der Waals surface area (Å²) in [6.45, 7) is 0. The van der Waals surface area contributed by atoms with Crippen LogP contribution in [0.2, 0.25) is 0 Å². The van der Waals surface area contributed by atoms with Gasteiger partial charge in [0.2, 0.25) is 0 Å². The highest BCUT2D eigenvalue weighted by atomic mass is 35.5. The minimum absolute atomic E-state index is 0. The summed E-state index contributed by atoms with van der Waals surface area (Å²) in [5, 5.41) is 6.20. The number of carbonyl (C=O) groups excluding carboxylic acids is 2. The summed E-state index contributed by atoms with van der Waals surface area (Å²) in [5.74, 6) is -0.380. The molecule has 5 aromatic rings. The number of methoxy groups -OCH3 is 1. The molecule has 0 aliphatic rings. The summed E-state index contributed by atoms with van der Waals surface area (Å²) >= 11 is 1.57. The van der Waals surface area contributed by atoms with Gasteiger partial charge in [-0.2, -0.15) is 0 Å². The number of benzene rings is 5. The van der Waals surface area contributed by atoms with Crippen LogP contribution >= 0.6 is 19.0 Å². The zero-order chi connectivity index (χ0) is 29.2. The van der Waals surface area contributed by atoms with E-state index in [0.717, 1.165) is 26.1 Å². The summed E-state index contributed by atoms with van der Waals surface area (Å²) in [6, 6.07) is 49.9. The molecule has 0 spiro atoms. The van der Waals surface area contributed by atoms with Gasteiger partial charge in [-0.05, 0) is 54.1 Å². The fraction of sp³-hybridized carbons (Fsp3) is 0.0556. The smallest absolute Gasteiger partial charge is 0.359 e.